The van der Waals surface area contributed by atoms with Gasteiger partial charge in [-0.2, -0.15) is 21.6 Å². The van der Waals surface area contributed by atoms with Gasteiger partial charge in [0.15, 0.2) is 0 Å². The molecule has 0 atom stereocenters. The van der Waals surface area contributed by atoms with Gasteiger partial charge in [0.2, 0.25) is 0 Å². The van der Waals surface area contributed by atoms with E-state index in [2.05, 4.69) is 5.32 Å². The van der Waals surface area contributed by atoms with Crippen molar-refractivity contribution in [3.05, 3.63) is 59.7 Å². The van der Waals surface area contributed by atoms with E-state index >= 15 is 0 Å². The first-order chi connectivity index (χ1) is 14.5. The van der Waals surface area contributed by atoms with E-state index in [0.717, 1.165) is 36.6 Å². The van der Waals surface area contributed by atoms with E-state index in [9.17, 15) is 26.4 Å². The van der Waals surface area contributed by atoms with Gasteiger partial charge in [0, 0.05) is 18.6 Å². The Morgan fingerprint density at radius 3 is 2.35 bits per heavy atom. The molecular formula is C21H23F3N2O4S. The Bertz CT molecular complexity index is 1030. The number of hydrogen-bond acceptors (Lipinski definition) is 4. The summed E-state index contributed by atoms with van der Waals surface area (Å²) in [5.41, 5.74) is -0.304. The fraction of sp³-hybridized carbons (Fsp3) is 0.381. The number of halogens is 3. The minimum Gasteiger partial charge on any atom is -0.379 e. The molecule has 168 valence electrons. The molecule has 0 saturated heterocycles. The lowest BCUT2D eigenvalue weighted by atomic mass is 10.2. The minimum absolute atomic E-state index is 0.00517. The average molecular weight is 456 g/mol. The van der Waals surface area contributed by atoms with E-state index in [1.54, 1.807) is 17.0 Å². The third-order valence-electron chi connectivity index (χ3n) is 4.59. The number of rotatable bonds is 7. The molecule has 2 aromatic carbocycles. The van der Waals surface area contributed by atoms with Gasteiger partial charge in [0.25, 0.3) is 0 Å². The van der Waals surface area contributed by atoms with Crippen LogP contribution in [0.2, 0.25) is 0 Å². The molecule has 0 aliphatic heterocycles. The van der Waals surface area contributed by atoms with E-state index in [-0.39, 0.29) is 23.9 Å². The van der Waals surface area contributed by atoms with Crippen LogP contribution in [-0.2, 0) is 22.8 Å². The number of carbonyl (C=O) groups is 1. The molecule has 1 fully saturated rings. The van der Waals surface area contributed by atoms with Crippen molar-refractivity contribution < 1.29 is 30.6 Å². The molecule has 0 aromatic heterocycles. The molecule has 10 heteroatoms. The van der Waals surface area contributed by atoms with Gasteiger partial charge in [-0.3, -0.25) is 0 Å². The second-order valence-electron chi connectivity index (χ2n) is 7.67. The minimum atomic E-state index is -4.66. The second-order valence-corrected chi connectivity index (χ2v) is 9.22. The molecule has 0 unspecified atom stereocenters. The van der Waals surface area contributed by atoms with E-state index in [1.165, 1.54) is 12.1 Å². The van der Waals surface area contributed by atoms with Crippen LogP contribution < -0.4 is 9.50 Å². The summed E-state index contributed by atoms with van der Waals surface area (Å²) in [6.07, 6.45) is -2.80. The second kappa shape index (κ2) is 8.78. The summed E-state index contributed by atoms with van der Waals surface area (Å²) in [6, 6.07) is 9.45. The Hall–Kier alpha value is -2.75. The summed E-state index contributed by atoms with van der Waals surface area (Å²) in [5, 5.41) is 2.86. The quantitative estimate of drug-likeness (QED) is 0.620. The van der Waals surface area contributed by atoms with Gasteiger partial charge in [0.05, 0.1) is 5.56 Å². The monoisotopic (exact) mass is 456 g/mol. The van der Waals surface area contributed by atoms with Crippen LogP contribution in [0.3, 0.4) is 0 Å². The maximum Gasteiger partial charge on any atom is 0.416 e. The summed E-state index contributed by atoms with van der Waals surface area (Å²) < 4.78 is 68.3. The first-order valence-corrected chi connectivity index (χ1v) is 11.1. The number of alkyl halides is 3. The highest BCUT2D eigenvalue weighted by Crippen LogP contribution is 2.31. The number of nitrogens with zero attached hydrogens (tertiary/aromatic N) is 1. The molecule has 2 amide bonds. The lowest BCUT2D eigenvalue weighted by molar-refractivity contribution is -0.137. The Labute approximate surface area is 179 Å². The number of benzene rings is 2. The number of urea groups is 1. The standard InChI is InChI=1S/C21H23F3N2O4S/c1-14(2)25-20(27)26(17-8-9-17)13-15-6-10-18(11-7-15)30-31(28,29)19-5-3-4-16(12-19)21(22,23)24/h3-7,10-12,14,17H,8-9,13H2,1-2H3,(H,25,27). The Balaban J connectivity index is 1.71. The van der Waals surface area contributed by atoms with Crippen molar-refractivity contribution in [3.63, 3.8) is 0 Å². The lowest BCUT2D eigenvalue weighted by Crippen LogP contribution is -2.43. The summed E-state index contributed by atoms with van der Waals surface area (Å²) >= 11 is 0. The molecule has 0 radical (unpaired) electrons. The summed E-state index contributed by atoms with van der Waals surface area (Å²) in [5.74, 6) is -0.0363. The van der Waals surface area contributed by atoms with Crippen LogP contribution in [0.15, 0.2) is 53.4 Å². The van der Waals surface area contributed by atoms with Gasteiger partial charge in [-0.05, 0) is 62.6 Å². The summed E-state index contributed by atoms with van der Waals surface area (Å²) in [7, 11) is -4.44. The highest BCUT2D eigenvalue weighted by molar-refractivity contribution is 7.87. The normalized spacial score (nSPS) is 14.4. The maximum absolute atomic E-state index is 12.9. The molecule has 0 spiro atoms. The van der Waals surface area contributed by atoms with Crippen molar-refractivity contribution in [1.29, 1.82) is 0 Å². The molecule has 1 aliphatic carbocycles. The van der Waals surface area contributed by atoms with Crippen LogP contribution in [0.5, 0.6) is 5.75 Å². The molecule has 0 bridgehead atoms. The molecule has 0 heterocycles. The average Bonchev–Trinajstić information content (AvgIpc) is 3.51. The van der Waals surface area contributed by atoms with Crippen LogP contribution in [0.1, 0.15) is 37.8 Å². The highest BCUT2D eigenvalue weighted by atomic mass is 32.2. The van der Waals surface area contributed by atoms with E-state index in [4.69, 9.17) is 4.18 Å². The summed E-state index contributed by atoms with van der Waals surface area (Å²) in [6.45, 7) is 4.10. The van der Waals surface area contributed by atoms with Gasteiger partial charge >= 0.3 is 22.3 Å². The smallest absolute Gasteiger partial charge is 0.379 e. The van der Waals surface area contributed by atoms with Crippen molar-refractivity contribution >= 4 is 16.1 Å². The molecule has 6 nitrogen and oxygen atoms in total. The Morgan fingerprint density at radius 2 is 1.81 bits per heavy atom. The zero-order chi connectivity index (χ0) is 22.8. The maximum atomic E-state index is 12.9. The van der Waals surface area contributed by atoms with Crippen LogP contribution in [0.25, 0.3) is 0 Å². The zero-order valence-corrected chi connectivity index (χ0v) is 17.8. The molecule has 1 saturated carbocycles. The van der Waals surface area contributed by atoms with Gasteiger partial charge in [-0.25, -0.2) is 4.79 Å². The van der Waals surface area contributed by atoms with E-state index in [0.29, 0.717) is 12.6 Å². The van der Waals surface area contributed by atoms with Crippen molar-refractivity contribution in [2.75, 3.05) is 0 Å². The summed E-state index contributed by atoms with van der Waals surface area (Å²) in [4.78, 5) is 13.5. The number of carbonyl (C=O) groups excluding carboxylic acids is 1. The molecular weight excluding hydrogens is 433 g/mol. The van der Waals surface area contributed by atoms with Crippen molar-refractivity contribution in [2.45, 2.75) is 56.4 Å². The number of hydrogen-bond donors (Lipinski definition) is 1. The molecule has 3 rings (SSSR count). The van der Waals surface area contributed by atoms with Gasteiger partial charge in [-0.1, -0.05) is 18.2 Å². The van der Waals surface area contributed by atoms with Gasteiger partial charge in [0.1, 0.15) is 10.6 Å². The van der Waals surface area contributed by atoms with Gasteiger partial charge < -0.3 is 14.4 Å². The highest BCUT2D eigenvalue weighted by Gasteiger charge is 2.33. The fourth-order valence-electron chi connectivity index (χ4n) is 2.93. The van der Waals surface area contributed by atoms with Gasteiger partial charge in [-0.15, -0.1) is 0 Å². The van der Waals surface area contributed by atoms with Crippen molar-refractivity contribution in [1.82, 2.24) is 10.2 Å². The van der Waals surface area contributed by atoms with E-state index in [1.807, 2.05) is 13.8 Å². The largest absolute Gasteiger partial charge is 0.416 e. The first kappa shape index (κ1) is 22.9. The topological polar surface area (TPSA) is 75.7 Å². The Kier molecular flexibility index (Phi) is 6.49. The lowest BCUT2D eigenvalue weighted by Gasteiger charge is -2.24. The SMILES string of the molecule is CC(C)NC(=O)N(Cc1ccc(OS(=O)(=O)c2cccc(C(F)(F)F)c2)cc1)C1CC1. The van der Waals surface area contributed by atoms with Crippen LogP contribution >= 0.6 is 0 Å². The number of amides is 2. The van der Waals surface area contributed by atoms with Crippen molar-refractivity contribution in [2.24, 2.45) is 0 Å². The fourth-order valence-corrected chi connectivity index (χ4v) is 3.91. The number of nitrogens with one attached hydrogen (secondary N) is 1. The van der Waals surface area contributed by atoms with Crippen LogP contribution in [-0.4, -0.2) is 31.4 Å². The zero-order valence-electron chi connectivity index (χ0n) is 17.0. The first-order valence-electron chi connectivity index (χ1n) is 9.73. The van der Waals surface area contributed by atoms with Crippen LogP contribution in [0, 0.1) is 0 Å². The Morgan fingerprint density at radius 1 is 1.16 bits per heavy atom. The van der Waals surface area contributed by atoms with E-state index < -0.39 is 26.8 Å². The molecule has 1 aliphatic rings. The molecule has 1 N–H and O–H groups in total. The molecule has 31 heavy (non-hydrogen) atoms. The predicted molar refractivity (Wildman–Crippen MR) is 108 cm³/mol. The third kappa shape index (κ3) is 6.13. The van der Waals surface area contributed by atoms with Crippen molar-refractivity contribution in [3.8, 4) is 5.75 Å². The predicted octanol–water partition coefficient (Wildman–Crippen LogP) is 4.56. The van der Waals surface area contributed by atoms with Crippen LogP contribution in [0.4, 0.5) is 18.0 Å². The molecule has 2 aromatic rings. The third-order valence-corrected chi connectivity index (χ3v) is 5.84.